The summed E-state index contributed by atoms with van der Waals surface area (Å²) in [7, 11) is 1.22. The lowest BCUT2D eigenvalue weighted by Crippen LogP contribution is -2.12. The van der Waals surface area contributed by atoms with E-state index in [1.165, 1.54) is 13.3 Å². The van der Waals surface area contributed by atoms with Crippen LogP contribution in [0.4, 0.5) is 14.5 Å². The van der Waals surface area contributed by atoms with E-state index in [1.807, 2.05) is 0 Å². The molecule has 1 heterocycles. The fourth-order valence-corrected chi connectivity index (χ4v) is 1.45. The van der Waals surface area contributed by atoms with Crippen molar-refractivity contribution in [3.05, 3.63) is 17.3 Å². The third-order valence-corrected chi connectivity index (χ3v) is 2.26. The molecule has 0 aliphatic rings. The second-order valence-corrected chi connectivity index (χ2v) is 3.40. The number of nitrogens with two attached hydrogens (primary N) is 1. The summed E-state index contributed by atoms with van der Waals surface area (Å²) in [6.07, 6.45) is -1.79. The van der Waals surface area contributed by atoms with Crippen LogP contribution in [-0.2, 0) is 16.0 Å². The first kappa shape index (κ1) is 14.1. The molecule has 0 aliphatic heterocycles. The number of nitrogens with zero attached hydrogens (tertiary/aromatic N) is 1. The van der Waals surface area contributed by atoms with Crippen LogP contribution in [0.15, 0.2) is 6.20 Å². The third-order valence-electron chi connectivity index (χ3n) is 2.26. The fourth-order valence-electron chi connectivity index (χ4n) is 1.45. The summed E-state index contributed by atoms with van der Waals surface area (Å²) < 4.78 is 35.1. The van der Waals surface area contributed by atoms with Gasteiger partial charge in [0.05, 0.1) is 25.8 Å². The van der Waals surface area contributed by atoms with Gasteiger partial charge in [-0.15, -0.1) is 0 Å². The van der Waals surface area contributed by atoms with Crippen LogP contribution in [0.1, 0.15) is 24.5 Å². The first-order chi connectivity index (χ1) is 8.51. The molecule has 0 aromatic carbocycles. The van der Waals surface area contributed by atoms with Crippen molar-refractivity contribution < 1.29 is 23.0 Å². The van der Waals surface area contributed by atoms with Crippen molar-refractivity contribution in [2.75, 3.05) is 19.5 Å². The highest BCUT2D eigenvalue weighted by atomic mass is 19.3. The topological polar surface area (TPSA) is 74.4 Å². The van der Waals surface area contributed by atoms with E-state index in [0.29, 0.717) is 0 Å². The molecule has 0 aliphatic carbocycles. The van der Waals surface area contributed by atoms with Crippen molar-refractivity contribution in [1.82, 2.24) is 4.98 Å². The van der Waals surface area contributed by atoms with Gasteiger partial charge in [-0.1, -0.05) is 0 Å². The molecule has 18 heavy (non-hydrogen) atoms. The first-order valence-corrected chi connectivity index (χ1v) is 5.26. The lowest BCUT2D eigenvalue weighted by Gasteiger charge is -2.13. The molecular formula is C11H14F2N2O3. The number of pyridine rings is 1. The van der Waals surface area contributed by atoms with Gasteiger partial charge >= 0.3 is 5.97 Å². The maximum atomic E-state index is 12.8. The molecule has 0 amide bonds. The molecule has 1 aromatic rings. The Morgan fingerprint density at radius 2 is 2.22 bits per heavy atom. The Hall–Kier alpha value is -1.92. The predicted octanol–water partition coefficient (Wildman–Crippen LogP) is 1.72. The van der Waals surface area contributed by atoms with Crippen molar-refractivity contribution >= 4 is 11.7 Å². The van der Waals surface area contributed by atoms with E-state index in [2.05, 4.69) is 4.98 Å². The molecule has 0 radical (unpaired) electrons. The molecule has 0 fully saturated rings. The number of esters is 1. The molecule has 5 nitrogen and oxygen atoms in total. The number of methoxy groups -OCH3 is 1. The molecule has 0 bridgehead atoms. The normalized spacial score (nSPS) is 10.5. The van der Waals surface area contributed by atoms with Crippen molar-refractivity contribution in [3.8, 4) is 5.88 Å². The fraction of sp³-hybridized carbons (Fsp3) is 0.455. The Morgan fingerprint density at radius 1 is 1.56 bits per heavy atom. The molecule has 0 atom stereocenters. The summed E-state index contributed by atoms with van der Waals surface area (Å²) in [6.45, 7) is 1.86. The van der Waals surface area contributed by atoms with E-state index in [0.717, 1.165) is 0 Å². The number of nitrogen functional groups attached to an aromatic ring is 1. The maximum absolute atomic E-state index is 12.8. The SMILES string of the molecule is CCOC(=O)Cc1cnc(OC)c(C(F)F)c1N. The number of hydrogen-bond acceptors (Lipinski definition) is 5. The number of rotatable bonds is 5. The Kier molecular flexibility index (Phi) is 4.82. The van der Waals surface area contributed by atoms with E-state index in [1.54, 1.807) is 6.92 Å². The number of aromatic nitrogens is 1. The molecule has 1 rings (SSSR count). The van der Waals surface area contributed by atoms with Gasteiger partial charge < -0.3 is 15.2 Å². The van der Waals surface area contributed by atoms with Crippen LogP contribution in [0, 0.1) is 0 Å². The standard InChI is InChI=1S/C11H14F2N2O3/c1-3-18-7(16)4-6-5-15-11(17-2)8(9(6)14)10(12)13/h5,10H,3-4H2,1-2H3,(H2,14,15). The Balaban J connectivity index is 3.08. The average molecular weight is 260 g/mol. The van der Waals surface area contributed by atoms with Gasteiger partial charge in [-0.05, 0) is 6.92 Å². The van der Waals surface area contributed by atoms with Crippen molar-refractivity contribution in [3.63, 3.8) is 0 Å². The number of anilines is 1. The van der Waals surface area contributed by atoms with Gasteiger partial charge in [0.25, 0.3) is 6.43 Å². The highest BCUT2D eigenvalue weighted by Crippen LogP contribution is 2.34. The third kappa shape index (κ3) is 3.06. The van der Waals surface area contributed by atoms with E-state index < -0.39 is 18.0 Å². The van der Waals surface area contributed by atoms with Gasteiger partial charge in [-0.25, -0.2) is 13.8 Å². The lowest BCUT2D eigenvalue weighted by atomic mass is 10.1. The summed E-state index contributed by atoms with van der Waals surface area (Å²) in [5.74, 6) is -0.786. The minimum Gasteiger partial charge on any atom is -0.481 e. The molecule has 2 N–H and O–H groups in total. The lowest BCUT2D eigenvalue weighted by molar-refractivity contribution is -0.142. The summed E-state index contributed by atoms with van der Waals surface area (Å²) in [4.78, 5) is 15.0. The molecule has 0 unspecified atom stereocenters. The van der Waals surface area contributed by atoms with E-state index >= 15 is 0 Å². The maximum Gasteiger partial charge on any atom is 0.310 e. The van der Waals surface area contributed by atoms with Crippen LogP contribution in [0.3, 0.4) is 0 Å². The summed E-state index contributed by atoms with van der Waals surface area (Å²) in [5, 5.41) is 0. The van der Waals surface area contributed by atoms with E-state index in [-0.39, 0.29) is 30.2 Å². The molecule has 0 spiro atoms. The zero-order valence-electron chi connectivity index (χ0n) is 10.1. The summed E-state index contributed by atoms with van der Waals surface area (Å²) in [6, 6.07) is 0. The summed E-state index contributed by atoms with van der Waals surface area (Å²) >= 11 is 0. The molecule has 7 heteroatoms. The quantitative estimate of drug-likeness (QED) is 0.816. The molecule has 1 aromatic heterocycles. The monoisotopic (exact) mass is 260 g/mol. The first-order valence-electron chi connectivity index (χ1n) is 5.26. The van der Waals surface area contributed by atoms with Crippen LogP contribution in [-0.4, -0.2) is 24.7 Å². The minimum atomic E-state index is -2.82. The van der Waals surface area contributed by atoms with E-state index in [9.17, 15) is 13.6 Å². The zero-order chi connectivity index (χ0) is 13.7. The molecular weight excluding hydrogens is 246 g/mol. The molecule has 0 saturated carbocycles. The number of ether oxygens (including phenoxy) is 2. The van der Waals surface area contributed by atoms with E-state index in [4.69, 9.17) is 15.2 Å². The highest BCUT2D eigenvalue weighted by molar-refractivity contribution is 5.75. The Morgan fingerprint density at radius 3 is 2.72 bits per heavy atom. The highest BCUT2D eigenvalue weighted by Gasteiger charge is 2.22. The van der Waals surface area contributed by atoms with Gasteiger partial charge in [0.1, 0.15) is 5.56 Å². The van der Waals surface area contributed by atoms with Crippen molar-refractivity contribution in [2.24, 2.45) is 0 Å². The second-order valence-electron chi connectivity index (χ2n) is 3.40. The average Bonchev–Trinajstić information content (AvgIpc) is 2.31. The largest absolute Gasteiger partial charge is 0.481 e. The number of halogens is 2. The number of carbonyl (C=O) groups excluding carboxylic acids is 1. The van der Waals surface area contributed by atoms with Crippen LogP contribution in [0.25, 0.3) is 0 Å². The van der Waals surface area contributed by atoms with Gasteiger partial charge in [-0.3, -0.25) is 4.79 Å². The van der Waals surface area contributed by atoms with Crippen LogP contribution >= 0.6 is 0 Å². The smallest absolute Gasteiger partial charge is 0.310 e. The van der Waals surface area contributed by atoms with Crippen LogP contribution in [0.2, 0.25) is 0 Å². The number of hydrogen-bond donors (Lipinski definition) is 1. The summed E-state index contributed by atoms with van der Waals surface area (Å²) in [5.41, 5.74) is 5.11. The van der Waals surface area contributed by atoms with Crippen LogP contribution < -0.4 is 10.5 Å². The Bertz CT molecular complexity index is 439. The minimum absolute atomic E-state index is 0.190. The van der Waals surface area contributed by atoms with Crippen molar-refractivity contribution in [2.45, 2.75) is 19.8 Å². The van der Waals surface area contributed by atoms with Crippen molar-refractivity contribution in [1.29, 1.82) is 0 Å². The van der Waals surface area contributed by atoms with Crippen LogP contribution in [0.5, 0.6) is 5.88 Å². The molecule has 0 saturated heterocycles. The number of carbonyl (C=O) groups is 1. The number of alkyl halides is 2. The zero-order valence-corrected chi connectivity index (χ0v) is 10.1. The predicted molar refractivity (Wildman–Crippen MR) is 60.5 cm³/mol. The Labute approximate surface area is 103 Å². The molecule has 100 valence electrons. The van der Waals surface area contributed by atoms with Gasteiger partial charge in [0, 0.05) is 11.8 Å². The second kappa shape index (κ2) is 6.13. The van der Waals surface area contributed by atoms with Gasteiger partial charge in [0.15, 0.2) is 0 Å². The van der Waals surface area contributed by atoms with Gasteiger partial charge in [0.2, 0.25) is 5.88 Å². The van der Waals surface area contributed by atoms with Gasteiger partial charge in [-0.2, -0.15) is 0 Å².